The molecule has 100 valence electrons. The van der Waals surface area contributed by atoms with Gasteiger partial charge in [-0.1, -0.05) is 12.1 Å². The van der Waals surface area contributed by atoms with Crippen LogP contribution in [0.15, 0.2) is 4.52 Å². The van der Waals surface area contributed by atoms with Gasteiger partial charge in [-0.15, -0.1) is 0 Å². The quantitative estimate of drug-likeness (QED) is 0.796. The van der Waals surface area contributed by atoms with Gasteiger partial charge in [0.05, 0.1) is 7.11 Å². The molecule has 0 saturated carbocycles. The molecule has 1 heterocycles. The zero-order valence-corrected chi connectivity index (χ0v) is 10.9. The van der Waals surface area contributed by atoms with E-state index in [1.807, 2.05) is 20.8 Å². The molecule has 0 fully saturated rings. The lowest BCUT2D eigenvalue weighted by Gasteiger charge is -2.08. The molecule has 0 aliphatic carbocycles. The third kappa shape index (κ3) is 3.22. The van der Waals surface area contributed by atoms with Crippen LogP contribution in [0.2, 0.25) is 0 Å². The molecule has 2 N–H and O–H groups in total. The minimum atomic E-state index is -0.590. The molecule has 1 aromatic heterocycles. The second kappa shape index (κ2) is 6.04. The second-order valence-corrected chi connectivity index (χ2v) is 3.93. The predicted molar refractivity (Wildman–Crippen MR) is 64.5 cm³/mol. The van der Waals surface area contributed by atoms with Gasteiger partial charge in [0.2, 0.25) is 5.88 Å². The summed E-state index contributed by atoms with van der Waals surface area (Å²) in [7, 11) is 1.26. The Bertz CT molecular complexity index is 439. The van der Waals surface area contributed by atoms with Crippen LogP contribution in [-0.4, -0.2) is 30.3 Å². The Hall–Kier alpha value is -2.05. The van der Waals surface area contributed by atoms with E-state index >= 15 is 0 Å². The number of esters is 1. The number of ether oxygens (including phenoxy) is 1. The summed E-state index contributed by atoms with van der Waals surface area (Å²) < 4.78 is 9.57. The first kappa shape index (κ1) is 14.0. The predicted octanol–water partition coefficient (Wildman–Crippen LogP) is 1.55. The second-order valence-electron chi connectivity index (χ2n) is 3.93. The van der Waals surface area contributed by atoms with Gasteiger partial charge in [0.25, 0.3) is 0 Å². The smallest absolute Gasteiger partial charge is 0.345 e. The molecule has 0 unspecified atom stereocenters. The van der Waals surface area contributed by atoms with E-state index in [9.17, 15) is 9.59 Å². The molecule has 2 amide bonds. The highest BCUT2D eigenvalue weighted by Crippen LogP contribution is 2.21. The van der Waals surface area contributed by atoms with E-state index in [0.717, 1.165) is 0 Å². The number of aryl methyl sites for hydroxylation is 1. The monoisotopic (exact) mass is 255 g/mol. The molecule has 0 aliphatic rings. The number of urea groups is 1. The van der Waals surface area contributed by atoms with Gasteiger partial charge < -0.3 is 14.6 Å². The summed E-state index contributed by atoms with van der Waals surface area (Å²) in [5, 5.41) is 8.76. The molecule has 7 nitrogen and oxygen atoms in total. The van der Waals surface area contributed by atoms with Gasteiger partial charge in [0, 0.05) is 6.04 Å². The fourth-order valence-corrected chi connectivity index (χ4v) is 1.36. The summed E-state index contributed by atoms with van der Waals surface area (Å²) >= 11 is 0. The summed E-state index contributed by atoms with van der Waals surface area (Å²) in [5.41, 5.74) is 0.598. The van der Waals surface area contributed by atoms with Crippen molar-refractivity contribution >= 4 is 17.9 Å². The van der Waals surface area contributed by atoms with Crippen LogP contribution in [0.4, 0.5) is 10.7 Å². The molecule has 0 aromatic carbocycles. The molecule has 0 spiro atoms. The van der Waals surface area contributed by atoms with Gasteiger partial charge in [0.15, 0.2) is 0 Å². The largest absolute Gasteiger partial charge is 0.465 e. The van der Waals surface area contributed by atoms with Gasteiger partial charge in [-0.2, -0.15) is 0 Å². The van der Waals surface area contributed by atoms with Gasteiger partial charge >= 0.3 is 12.0 Å². The average molecular weight is 255 g/mol. The standard InChI is InChI=1S/C11H17N3O4/c1-5-7-8(10(15)17-4)9(18-14-7)13-11(16)12-6(2)3/h6H,5H2,1-4H3,(H2,12,13,16). The van der Waals surface area contributed by atoms with E-state index < -0.39 is 12.0 Å². The molecular formula is C11H17N3O4. The third-order valence-corrected chi connectivity index (χ3v) is 2.13. The topological polar surface area (TPSA) is 93.5 Å². The first-order chi connectivity index (χ1) is 8.49. The Balaban J connectivity index is 2.92. The lowest BCUT2D eigenvalue weighted by Crippen LogP contribution is -2.34. The summed E-state index contributed by atoms with van der Waals surface area (Å²) in [5.74, 6) is -0.593. The number of carbonyl (C=O) groups is 2. The number of hydrogen-bond donors (Lipinski definition) is 2. The molecule has 0 atom stereocenters. The molecule has 0 aliphatic heterocycles. The molecule has 0 radical (unpaired) electrons. The SMILES string of the molecule is CCc1noc(NC(=O)NC(C)C)c1C(=O)OC. The van der Waals surface area contributed by atoms with E-state index in [1.165, 1.54) is 7.11 Å². The van der Waals surface area contributed by atoms with Crippen molar-refractivity contribution in [3.8, 4) is 0 Å². The third-order valence-electron chi connectivity index (χ3n) is 2.13. The molecule has 7 heteroatoms. The maximum Gasteiger partial charge on any atom is 0.345 e. The lowest BCUT2D eigenvalue weighted by molar-refractivity contribution is 0.0600. The van der Waals surface area contributed by atoms with Crippen molar-refractivity contribution in [2.75, 3.05) is 12.4 Å². The van der Waals surface area contributed by atoms with Gasteiger partial charge in [-0.05, 0) is 20.3 Å². The molecule has 1 aromatic rings. The van der Waals surface area contributed by atoms with Crippen molar-refractivity contribution in [3.05, 3.63) is 11.3 Å². The minimum Gasteiger partial charge on any atom is -0.465 e. The van der Waals surface area contributed by atoms with Crippen LogP contribution in [0.5, 0.6) is 0 Å². The maximum atomic E-state index is 11.6. The molecule has 18 heavy (non-hydrogen) atoms. The molecule has 1 rings (SSSR count). The number of aromatic nitrogens is 1. The lowest BCUT2D eigenvalue weighted by atomic mass is 10.2. The van der Waals surface area contributed by atoms with Crippen LogP contribution in [0.25, 0.3) is 0 Å². The Labute approximate surface area is 105 Å². The number of rotatable bonds is 4. The van der Waals surface area contributed by atoms with Crippen LogP contribution < -0.4 is 10.6 Å². The van der Waals surface area contributed by atoms with E-state index in [1.54, 1.807) is 0 Å². The fraction of sp³-hybridized carbons (Fsp3) is 0.545. The number of methoxy groups -OCH3 is 1. The number of carbonyl (C=O) groups excluding carboxylic acids is 2. The average Bonchev–Trinajstić information content (AvgIpc) is 2.69. The van der Waals surface area contributed by atoms with Crippen molar-refractivity contribution in [1.29, 1.82) is 0 Å². The normalized spacial score (nSPS) is 10.3. The summed E-state index contributed by atoms with van der Waals surface area (Å²) in [6, 6.07) is -0.492. The molecular weight excluding hydrogens is 238 g/mol. The summed E-state index contributed by atoms with van der Waals surface area (Å²) in [6.45, 7) is 5.46. The van der Waals surface area contributed by atoms with E-state index in [0.29, 0.717) is 12.1 Å². The Morgan fingerprint density at radius 2 is 2.11 bits per heavy atom. The van der Waals surface area contributed by atoms with Crippen molar-refractivity contribution < 1.29 is 18.8 Å². The van der Waals surface area contributed by atoms with E-state index in [2.05, 4.69) is 20.5 Å². The number of anilines is 1. The summed E-state index contributed by atoms with van der Waals surface area (Å²) in [6.07, 6.45) is 0.501. The first-order valence-electron chi connectivity index (χ1n) is 5.63. The highest BCUT2D eigenvalue weighted by atomic mass is 16.5. The minimum absolute atomic E-state index is 0.00292. The van der Waals surface area contributed by atoms with Gasteiger partial charge in [-0.3, -0.25) is 5.32 Å². The first-order valence-corrected chi connectivity index (χ1v) is 5.63. The number of nitrogens with zero attached hydrogens (tertiary/aromatic N) is 1. The maximum absolute atomic E-state index is 11.6. The molecule has 0 bridgehead atoms. The van der Waals surface area contributed by atoms with Crippen LogP contribution in [-0.2, 0) is 11.2 Å². The Morgan fingerprint density at radius 3 is 2.61 bits per heavy atom. The van der Waals surface area contributed by atoms with Crippen LogP contribution in [0.3, 0.4) is 0 Å². The number of hydrogen-bond acceptors (Lipinski definition) is 5. The van der Waals surface area contributed by atoms with E-state index in [4.69, 9.17) is 4.52 Å². The van der Waals surface area contributed by atoms with Crippen molar-refractivity contribution in [2.45, 2.75) is 33.2 Å². The fourth-order valence-electron chi connectivity index (χ4n) is 1.36. The number of nitrogens with one attached hydrogen (secondary N) is 2. The number of amides is 2. The van der Waals surface area contributed by atoms with Crippen LogP contribution in [0.1, 0.15) is 36.8 Å². The van der Waals surface area contributed by atoms with Crippen LogP contribution in [0, 0.1) is 0 Å². The highest BCUT2D eigenvalue weighted by molar-refractivity contribution is 5.99. The van der Waals surface area contributed by atoms with Crippen molar-refractivity contribution in [2.24, 2.45) is 0 Å². The Morgan fingerprint density at radius 1 is 1.44 bits per heavy atom. The van der Waals surface area contributed by atoms with Crippen LogP contribution >= 0.6 is 0 Å². The highest BCUT2D eigenvalue weighted by Gasteiger charge is 2.24. The van der Waals surface area contributed by atoms with Crippen molar-refractivity contribution in [3.63, 3.8) is 0 Å². The van der Waals surface area contributed by atoms with Gasteiger partial charge in [-0.25, -0.2) is 9.59 Å². The van der Waals surface area contributed by atoms with Crippen molar-refractivity contribution in [1.82, 2.24) is 10.5 Å². The van der Waals surface area contributed by atoms with E-state index in [-0.39, 0.29) is 17.5 Å². The van der Waals surface area contributed by atoms with Gasteiger partial charge in [0.1, 0.15) is 11.3 Å². The zero-order chi connectivity index (χ0) is 13.7. The Kier molecular flexibility index (Phi) is 4.70. The summed E-state index contributed by atoms with van der Waals surface area (Å²) in [4.78, 5) is 23.1. The molecule has 0 saturated heterocycles. The zero-order valence-electron chi connectivity index (χ0n) is 10.9.